The van der Waals surface area contributed by atoms with Crippen molar-refractivity contribution in [2.24, 2.45) is 0 Å². The van der Waals surface area contributed by atoms with Crippen molar-refractivity contribution in [3.05, 3.63) is 64.1 Å². The van der Waals surface area contributed by atoms with Crippen LogP contribution in [0.25, 0.3) is 0 Å². The molecule has 104 valence electrons. The van der Waals surface area contributed by atoms with Crippen LogP contribution in [0.2, 0.25) is 10.0 Å². The first kappa shape index (κ1) is 15.2. The minimum absolute atomic E-state index is 0.0127. The summed E-state index contributed by atoms with van der Waals surface area (Å²) in [6, 6.07) is 14.9. The van der Waals surface area contributed by atoms with Crippen LogP contribution in [0.1, 0.15) is 5.56 Å². The summed E-state index contributed by atoms with van der Waals surface area (Å²) < 4.78 is 0. The van der Waals surface area contributed by atoms with E-state index in [1.807, 2.05) is 42.5 Å². The monoisotopic (exact) mass is 325 g/mol. The van der Waals surface area contributed by atoms with Gasteiger partial charge < -0.3 is 5.32 Å². The van der Waals surface area contributed by atoms with Crippen molar-refractivity contribution in [3.8, 4) is 0 Å². The van der Waals surface area contributed by atoms with Crippen LogP contribution in [0.5, 0.6) is 0 Å². The van der Waals surface area contributed by atoms with Gasteiger partial charge in [0.2, 0.25) is 5.91 Å². The maximum absolute atomic E-state index is 11.7. The SMILES string of the molecule is O=C(CSCc1ccc(Cl)c(Cl)c1)Nc1ccccc1. The Morgan fingerprint density at radius 1 is 1.05 bits per heavy atom. The molecule has 0 aliphatic heterocycles. The largest absolute Gasteiger partial charge is 0.325 e. The summed E-state index contributed by atoms with van der Waals surface area (Å²) in [5.74, 6) is 1.11. The third kappa shape index (κ3) is 4.75. The molecule has 2 aromatic carbocycles. The first-order valence-corrected chi connectivity index (χ1v) is 7.93. The van der Waals surface area contributed by atoms with Crippen LogP contribution in [0.3, 0.4) is 0 Å². The van der Waals surface area contributed by atoms with Gasteiger partial charge in [0.1, 0.15) is 0 Å². The number of rotatable bonds is 5. The number of thioether (sulfide) groups is 1. The van der Waals surface area contributed by atoms with Crippen LogP contribution in [-0.2, 0) is 10.5 Å². The van der Waals surface area contributed by atoms with Crippen LogP contribution in [0.15, 0.2) is 48.5 Å². The molecule has 20 heavy (non-hydrogen) atoms. The van der Waals surface area contributed by atoms with E-state index >= 15 is 0 Å². The van der Waals surface area contributed by atoms with E-state index in [0.717, 1.165) is 17.0 Å². The Labute approximate surface area is 132 Å². The molecule has 0 saturated carbocycles. The Balaban J connectivity index is 1.78. The molecule has 2 rings (SSSR count). The van der Waals surface area contributed by atoms with Crippen molar-refractivity contribution < 1.29 is 4.79 Å². The van der Waals surface area contributed by atoms with E-state index in [1.54, 1.807) is 6.07 Å². The van der Waals surface area contributed by atoms with Crippen LogP contribution in [0.4, 0.5) is 5.69 Å². The van der Waals surface area contributed by atoms with E-state index in [-0.39, 0.29) is 5.91 Å². The number of benzene rings is 2. The van der Waals surface area contributed by atoms with Crippen LogP contribution in [0, 0.1) is 0 Å². The molecule has 0 spiro atoms. The predicted octanol–water partition coefficient (Wildman–Crippen LogP) is 4.87. The summed E-state index contributed by atoms with van der Waals surface area (Å²) in [6.45, 7) is 0. The number of carbonyl (C=O) groups is 1. The Morgan fingerprint density at radius 2 is 1.80 bits per heavy atom. The normalized spacial score (nSPS) is 10.3. The molecule has 0 aliphatic carbocycles. The van der Waals surface area contributed by atoms with E-state index in [9.17, 15) is 4.79 Å². The molecule has 0 fully saturated rings. The second-order valence-corrected chi connectivity index (χ2v) is 5.96. The topological polar surface area (TPSA) is 29.1 Å². The third-order valence-electron chi connectivity index (χ3n) is 2.54. The lowest BCUT2D eigenvalue weighted by Crippen LogP contribution is -2.13. The van der Waals surface area contributed by atoms with E-state index in [2.05, 4.69) is 5.32 Å². The number of hydrogen-bond acceptors (Lipinski definition) is 2. The second-order valence-electron chi connectivity index (χ2n) is 4.16. The first-order valence-electron chi connectivity index (χ1n) is 6.02. The van der Waals surface area contributed by atoms with E-state index < -0.39 is 0 Å². The number of amides is 1. The van der Waals surface area contributed by atoms with Crippen molar-refractivity contribution in [2.75, 3.05) is 11.1 Å². The summed E-state index contributed by atoms with van der Waals surface area (Å²) in [5, 5.41) is 3.93. The van der Waals surface area contributed by atoms with Crippen molar-refractivity contribution in [1.29, 1.82) is 0 Å². The van der Waals surface area contributed by atoms with Gasteiger partial charge in [0.25, 0.3) is 0 Å². The Bertz CT molecular complexity index is 590. The molecule has 1 amide bonds. The van der Waals surface area contributed by atoms with E-state index in [0.29, 0.717) is 15.8 Å². The standard InChI is InChI=1S/C15H13Cl2NOS/c16-13-7-6-11(8-14(13)17)9-20-10-15(19)18-12-4-2-1-3-5-12/h1-8H,9-10H2,(H,18,19). The summed E-state index contributed by atoms with van der Waals surface area (Å²) in [6.07, 6.45) is 0. The Kier molecular flexibility index (Phi) is 5.77. The molecule has 0 aliphatic rings. The lowest BCUT2D eigenvalue weighted by atomic mass is 10.2. The number of carbonyl (C=O) groups excluding carboxylic acids is 1. The van der Waals surface area contributed by atoms with Gasteiger partial charge in [-0.25, -0.2) is 0 Å². The van der Waals surface area contributed by atoms with Crippen molar-refractivity contribution >= 4 is 46.6 Å². The first-order chi connectivity index (χ1) is 9.65. The minimum atomic E-state index is -0.0127. The van der Waals surface area contributed by atoms with Gasteiger partial charge in [-0.15, -0.1) is 11.8 Å². The number of halogens is 2. The predicted molar refractivity (Wildman–Crippen MR) is 87.7 cm³/mol. The van der Waals surface area contributed by atoms with Gasteiger partial charge in [-0.2, -0.15) is 0 Å². The maximum atomic E-state index is 11.7. The zero-order valence-corrected chi connectivity index (χ0v) is 12.9. The fourth-order valence-electron chi connectivity index (χ4n) is 1.61. The van der Waals surface area contributed by atoms with Crippen molar-refractivity contribution in [3.63, 3.8) is 0 Å². The van der Waals surface area contributed by atoms with Crippen LogP contribution < -0.4 is 5.32 Å². The van der Waals surface area contributed by atoms with E-state index in [1.165, 1.54) is 11.8 Å². The molecule has 0 aromatic heterocycles. The zero-order valence-electron chi connectivity index (χ0n) is 10.6. The van der Waals surface area contributed by atoms with Gasteiger partial charge in [-0.3, -0.25) is 4.79 Å². The molecular formula is C15H13Cl2NOS. The summed E-state index contributed by atoms with van der Waals surface area (Å²) in [5.41, 5.74) is 1.87. The van der Waals surface area contributed by atoms with Gasteiger partial charge in [0.05, 0.1) is 15.8 Å². The van der Waals surface area contributed by atoms with Gasteiger partial charge in [-0.1, -0.05) is 47.5 Å². The molecule has 0 radical (unpaired) electrons. The quantitative estimate of drug-likeness (QED) is 0.850. The smallest absolute Gasteiger partial charge is 0.234 e. The highest BCUT2D eigenvalue weighted by molar-refractivity contribution is 7.99. The average Bonchev–Trinajstić information content (AvgIpc) is 2.44. The highest BCUT2D eigenvalue weighted by Crippen LogP contribution is 2.24. The van der Waals surface area contributed by atoms with Gasteiger partial charge in [0, 0.05) is 11.4 Å². The molecule has 1 N–H and O–H groups in total. The summed E-state index contributed by atoms with van der Waals surface area (Å²) in [4.78, 5) is 11.7. The van der Waals surface area contributed by atoms with Gasteiger partial charge in [0.15, 0.2) is 0 Å². The Hall–Kier alpha value is -1.16. The number of hydrogen-bond donors (Lipinski definition) is 1. The second kappa shape index (κ2) is 7.58. The Morgan fingerprint density at radius 3 is 2.50 bits per heavy atom. The number of anilines is 1. The van der Waals surface area contributed by atoms with Gasteiger partial charge >= 0.3 is 0 Å². The molecular weight excluding hydrogens is 313 g/mol. The van der Waals surface area contributed by atoms with Crippen molar-refractivity contribution in [2.45, 2.75) is 5.75 Å². The lowest BCUT2D eigenvalue weighted by Gasteiger charge is -2.05. The highest BCUT2D eigenvalue weighted by atomic mass is 35.5. The van der Waals surface area contributed by atoms with Gasteiger partial charge in [-0.05, 0) is 29.8 Å². The highest BCUT2D eigenvalue weighted by Gasteiger charge is 2.04. The molecule has 0 atom stereocenters. The molecule has 0 bridgehead atoms. The summed E-state index contributed by atoms with van der Waals surface area (Å²) in [7, 11) is 0. The third-order valence-corrected chi connectivity index (χ3v) is 4.29. The van der Waals surface area contributed by atoms with E-state index in [4.69, 9.17) is 23.2 Å². The average molecular weight is 326 g/mol. The van der Waals surface area contributed by atoms with Crippen molar-refractivity contribution in [1.82, 2.24) is 0 Å². The van der Waals surface area contributed by atoms with Crippen LogP contribution >= 0.6 is 35.0 Å². The zero-order chi connectivity index (χ0) is 14.4. The molecule has 0 saturated heterocycles. The number of para-hydroxylation sites is 1. The maximum Gasteiger partial charge on any atom is 0.234 e. The molecule has 5 heteroatoms. The molecule has 2 aromatic rings. The molecule has 0 unspecified atom stereocenters. The van der Waals surface area contributed by atoms with Crippen LogP contribution in [-0.4, -0.2) is 11.7 Å². The number of nitrogens with one attached hydrogen (secondary N) is 1. The molecule has 2 nitrogen and oxygen atoms in total. The fourth-order valence-corrected chi connectivity index (χ4v) is 2.71. The fraction of sp³-hybridized carbons (Fsp3) is 0.133. The lowest BCUT2D eigenvalue weighted by molar-refractivity contribution is -0.113. The minimum Gasteiger partial charge on any atom is -0.325 e. The molecule has 0 heterocycles. The summed E-state index contributed by atoms with van der Waals surface area (Å²) >= 11 is 13.3.